The van der Waals surface area contributed by atoms with Crippen LogP contribution in [0, 0.1) is 17.3 Å². The minimum Gasteiger partial charge on any atom is -0.481 e. The van der Waals surface area contributed by atoms with Crippen LogP contribution >= 0.6 is 0 Å². The fourth-order valence-corrected chi connectivity index (χ4v) is 4.74. The van der Waals surface area contributed by atoms with Crippen molar-refractivity contribution < 1.29 is 14.6 Å². The molecule has 2 fully saturated rings. The Hall–Kier alpha value is -0.570. The lowest BCUT2D eigenvalue weighted by Crippen LogP contribution is -2.48. The van der Waals surface area contributed by atoms with Gasteiger partial charge >= 0.3 is 5.97 Å². The second-order valence-corrected chi connectivity index (χ2v) is 8.03. The first kappa shape index (κ1) is 15.8. The maximum Gasteiger partial charge on any atom is 0.310 e. The average Bonchev–Trinajstić information content (AvgIpc) is 2.57. The van der Waals surface area contributed by atoms with Crippen molar-refractivity contribution in [2.75, 3.05) is 0 Å². The van der Waals surface area contributed by atoms with Gasteiger partial charge in [-0.05, 0) is 65.7 Å². The van der Waals surface area contributed by atoms with Crippen molar-refractivity contribution in [3.8, 4) is 0 Å². The Morgan fingerprint density at radius 1 is 1.20 bits per heavy atom. The zero-order valence-corrected chi connectivity index (χ0v) is 13.7. The number of carboxylic acid groups (broad SMARTS) is 1. The summed E-state index contributed by atoms with van der Waals surface area (Å²) in [5.74, 6) is 0.215. The number of hydrogen-bond acceptors (Lipinski definition) is 2. The fourth-order valence-electron chi connectivity index (χ4n) is 4.74. The molecule has 0 bridgehead atoms. The summed E-state index contributed by atoms with van der Waals surface area (Å²) in [7, 11) is 0. The molecule has 1 aliphatic heterocycles. The van der Waals surface area contributed by atoms with Crippen molar-refractivity contribution in [3.63, 3.8) is 0 Å². The van der Waals surface area contributed by atoms with Crippen molar-refractivity contribution >= 4 is 5.97 Å². The van der Waals surface area contributed by atoms with E-state index in [1.54, 1.807) is 0 Å². The number of hydrogen-bond donors (Lipinski definition) is 1. The minimum atomic E-state index is -0.605. The SMILES string of the molecule is CCC1CCC(C(=O)O)(C2CC(C)(C)OC2(C)C)CC1. The van der Waals surface area contributed by atoms with Crippen LogP contribution in [-0.4, -0.2) is 22.3 Å². The van der Waals surface area contributed by atoms with E-state index in [0.29, 0.717) is 5.92 Å². The molecule has 1 heterocycles. The van der Waals surface area contributed by atoms with Crippen LogP contribution in [0.3, 0.4) is 0 Å². The Morgan fingerprint density at radius 2 is 1.75 bits per heavy atom. The van der Waals surface area contributed by atoms with Gasteiger partial charge in [0.25, 0.3) is 0 Å². The van der Waals surface area contributed by atoms with Crippen LogP contribution in [0.15, 0.2) is 0 Å². The van der Waals surface area contributed by atoms with Gasteiger partial charge in [-0.15, -0.1) is 0 Å². The molecule has 0 aromatic heterocycles. The molecule has 0 spiro atoms. The van der Waals surface area contributed by atoms with E-state index in [-0.39, 0.29) is 17.1 Å². The van der Waals surface area contributed by atoms with Crippen LogP contribution in [0.5, 0.6) is 0 Å². The van der Waals surface area contributed by atoms with Crippen molar-refractivity contribution in [2.45, 2.75) is 84.3 Å². The van der Waals surface area contributed by atoms with Crippen molar-refractivity contribution in [1.82, 2.24) is 0 Å². The molecule has 3 heteroatoms. The van der Waals surface area contributed by atoms with Crippen LogP contribution in [0.1, 0.15) is 73.1 Å². The first-order chi connectivity index (χ1) is 9.13. The van der Waals surface area contributed by atoms with Gasteiger partial charge in [-0.25, -0.2) is 0 Å². The quantitative estimate of drug-likeness (QED) is 0.841. The van der Waals surface area contributed by atoms with E-state index in [1.807, 2.05) is 0 Å². The summed E-state index contributed by atoms with van der Waals surface area (Å²) in [4.78, 5) is 12.1. The van der Waals surface area contributed by atoms with Gasteiger partial charge in [0.15, 0.2) is 0 Å². The van der Waals surface area contributed by atoms with E-state index in [4.69, 9.17) is 4.74 Å². The molecule has 0 amide bonds. The minimum absolute atomic E-state index is 0.111. The topological polar surface area (TPSA) is 46.5 Å². The normalized spacial score (nSPS) is 39.6. The summed E-state index contributed by atoms with van der Waals surface area (Å²) in [6.45, 7) is 10.5. The van der Waals surface area contributed by atoms with Crippen LogP contribution in [0.2, 0.25) is 0 Å². The van der Waals surface area contributed by atoms with Gasteiger partial charge in [-0.1, -0.05) is 13.3 Å². The second kappa shape index (κ2) is 5.01. The zero-order chi connectivity index (χ0) is 15.2. The highest BCUT2D eigenvalue weighted by Crippen LogP contribution is 2.56. The third-order valence-electron chi connectivity index (χ3n) is 5.74. The van der Waals surface area contributed by atoms with E-state index in [2.05, 4.69) is 34.6 Å². The lowest BCUT2D eigenvalue weighted by molar-refractivity contribution is -0.163. The van der Waals surface area contributed by atoms with E-state index < -0.39 is 11.4 Å². The Balaban J connectivity index is 2.28. The summed E-state index contributed by atoms with van der Waals surface area (Å²) in [6.07, 6.45) is 5.75. The monoisotopic (exact) mass is 282 g/mol. The van der Waals surface area contributed by atoms with Crippen molar-refractivity contribution in [1.29, 1.82) is 0 Å². The maximum atomic E-state index is 12.1. The van der Waals surface area contributed by atoms with Crippen LogP contribution in [-0.2, 0) is 9.53 Å². The highest BCUT2D eigenvalue weighted by molar-refractivity contribution is 5.75. The smallest absolute Gasteiger partial charge is 0.310 e. The van der Waals surface area contributed by atoms with Crippen molar-refractivity contribution in [2.24, 2.45) is 17.3 Å². The van der Waals surface area contributed by atoms with E-state index in [9.17, 15) is 9.90 Å². The molecule has 0 radical (unpaired) electrons. The largest absolute Gasteiger partial charge is 0.481 e. The molecule has 1 aliphatic carbocycles. The van der Waals surface area contributed by atoms with E-state index in [1.165, 1.54) is 6.42 Å². The average molecular weight is 282 g/mol. The van der Waals surface area contributed by atoms with Crippen molar-refractivity contribution in [3.05, 3.63) is 0 Å². The van der Waals surface area contributed by atoms with Gasteiger partial charge in [0.2, 0.25) is 0 Å². The lowest BCUT2D eigenvalue weighted by atomic mass is 9.58. The third kappa shape index (κ3) is 2.61. The Labute approximate surface area is 123 Å². The first-order valence-electron chi connectivity index (χ1n) is 8.06. The standard InChI is InChI=1S/C17H30O3/c1-6-12-7-9-17(10-8-12,14(18)19)13-11-15(2,3)20-16(13,4)5/h12-13H,6-11H2,1-5H3,(H,18,19). The number of carbonyl (C=O) groups is 1. The van der Waals surface area contributed by atoms with Crippen LogP contribution in [0.25, 0.3) is 0 Å². The molecule has 116 valence electrons. The number of carboxylic acids is 1. The highest BCUT2D eigenvalue weighted by Gasteiger charge is 2.59. The Bertz CT molecular complexity index is 376. The molecule has 1 atom stereocenters. The number of ether oxygens (including phenoxy) is 1. The molecule has 2 rings (SSSR count). The predicted molar refractivity (Wildman–Crippen MR) is 79.7 cm³/mol. The summed E-state index contributed by atoms with van der Waals surface area (Å²) < 4.78 is 6.17. The van der Waals surface area contributed by atoms with E-state index >= 15 is 0 Å². The molecule has 1 unspecified atom stereocenters. The molecule has 0 aromatic carbocycles. The molecular weight excluding hydrogens is 252 g/mol. The van der Waals surface area contributed by atoms with Gasteiger partial charge in [0.05, 0.1) is 16.6 Å². The van der Waals surface area contributed by atoms with Gasteiger partial charge in [-0.2, -0.15) is 0 Å². The fraction of sp³-hybridized carbons (Fsp3) is 0.941. The van der Waals surface area contributed by atoms with E-state index in [0.717, 1.165) is 32.1 Å². The van der Waals surface area contributed by atoms with Crippen LogP contribution < -0.4 is 0 Å². The predicted octanol–water partition coefficient (Wildman–Crippen LogP) is 4.25. The molecule has 20 heavy (non-hydrogen) atoms. The summed E-state index contributed by atoms with van der Waals surface area (Å²) in [5, 5.41) is 9.96. The number of aliphatic carboxylic acids is 1. The Kier molecular flexibility index (Phi) is 3.96. The molecule has 1 saturated heterocycles. The summed E-state index contributed by atoms with van der Waals surface area (Å²) in [6, 6.07) is 0. The molecule has 0 aromatic rings. The summed E-state index contributed by atoms with van der Waals surface area (Å²) >= 11 is 0. The van der Waals surface area contributed by atoms with Gasteiger partial charge in [-0.3, -0.25) is 4.79 Å². The lowest BCUT2D eigenvalue weighted by Gasteiger charge is -2.45. The molecular formula is C17H30O3. The van der Waals surface area contributed by atoms with Gasteiger partial charge < -0.3 is 9.84 Å². The zero-order valence-electron chi connectivity index (χ0n) is 13.7. The number of rotatable bonds is 3. The van der Waals surface area contributed by atoms with Gasteiger partial charge in [0.1, 0.15) is 0 Å². The molecule has 1 saturated carbocycles. The molecule has 3 nitrogen and oxygen atoms in total. The van der Waals surface area contributed by atoms with Crippen LogP contribution in [0.4, 0.5) is 0 Å². The third-order valence-corrected chi connectivity index (χ3v) is 5.74. The highest BCUT2D eigenvalue weighted by atomic mass is 16.5. The Morgan fingerprint density at radius 3 is 2.10 bits per heavy atom. The molecule has 2 aliphatic rings. The summed E-state index contributed by atoms with van der Waals surface area (Å²) in [5.41, 5.74) is -1.14. The van der Waals surface area contributed by atoms with Gasteiger partial charge in [0, 0.05) is 5.92 Å². The second-order valence-electron chi connectivity index (χ2n) is 8.03. The molecule has 1 N–H and O–H groups in total. The first-order valence-corrected chi connectivity index (χ1v) is 8.06. The maximum absolute atomic E-state index is 12.1.